The molecule has 4 nitrogen and oxygen atoms in total. The maximum Gasteiger partial charge on any atom is 0.309 e. The van der Waals surface area contributed by atoms with Crippen LogP contribution in [0.3, 0.4) is 0 Å². The molecule has 0 fully saturated rings. The second-order valence-corrected chi connectivity index (χ2v) is 5.67. The molecular formula is C12H19NO3S. The predicted octanol–water partition coefficient (Wildman–Crippen LogP) is 2.56. The Morgan fingerprint density at radius 1 is 1.12 bits per heavy atom. The second kappa shape index (κ2) is 6.49. The first-order chi connectivity index (χ1) is 8.03. The number of rotatable bonds is 7. The van der Waals surface area contributed by atoms with Crippen LogP contribution in [0.15, 0.2) is 24.3 Å². The van der Waals surface area contributed by atoms with Crippen LogP contribution in [0.5, 0.6) is 5.75 Å². The highest BCUT2D eigenvalue weighted by molar-refractivity contribution is 7.87. The van der Waals surface area contributed by atoms with E-state index in [1.165, 1.54) is 0 Å². The van der Waals surface area contributed by atoms with Gasteiger partial charge in [0.1, 0.15) is 5.75 Å². The Balaban J connectivity index is 2.46. The van der Waals surface area contributed by atoms with Crippen molar-refractivity contribution in [1.82, 2.24) is 0 Å². The molecule has 0 amide bonds. The molecule has 0 aromatic heterocycles. The third-order valence-electron chi connectivity index (χ3n) is 2.35. The summed E-state index contributed by atoms with van der Waals surface area (Å²) in [6.07, 6.45) is 3.70. The van der Waals surface area contributed by atoms with Crippen molar-refractivity contribution in [3.63, 3.8) is 0 Å². The summed E-state index contributed by atoms with van der Waals surface area (Å²) >= 11 is 0. The van der Waals surface area contributed by atoms with E-state index < -0.39 is 10.1 Å². The summed E-state index contributed by atoms with van der Waals surface area (Å²) < 4.78 is 28.1. The Morgan fingerprint density at radius 2 is 1.76 bits per heavy atom. The third-order valence-corrected chi connectivity index (χ3v) is 3.59. The number of unbranched alkanes of at least 4 members (excludes halogenated alkanes) is 3. The van der Waals surface area contributed by atoms with E-state index in [0.717, 1.165) is 19.3 Å². The van der Waals surface area contributed by atoms with E-state index in [4.69, 9.17) is 9.92 Å². The number of hydrogen-bond donors (Lipinski definition) is 1. The van der Waals surface area contributed by atoms with Crippen molar-refractivity contribution in [3.8, 4) is 5.75 Å². The Morgan fingerprint density at radius 3 is 2.35 bits per heavy atom. The molecule has 0 radical (unpaired) electrons. The normalized spacial score (nSPS) is 11.4. The van der Waals surface area contributed by atoms with Crippen molar-refractivity contribution >= 4 is 15.8 Å². The first-order valence-corrected chi connectivity index (χ1v) is 7.39. The molecule has 0 saturated heterocycles. The van der Waals surface area contributed by atoms with E-state index in [2.05, 4.69) is 6.92 Å². The topological polar surface area (TPSA) is 69.4 Å². The minimum atomic E-state index is -3.47. The van der Waals surface area contributed by atoms with Gasteiger partial charge in [0.05, 0.1) is 5.75 Å². The van der Waals surface area contributed by atoms with E-state index in [0.29, 0.717) is 17.9 Å². The SMILES string of the molecule is CCCCCCS(=O)(=O)Oc1ccc(N)cc1. The molecule has 0 atom stereocenters. The lowest BCUT2D eigenvalue weighted by molar-refractivity contribution is 0.482. The quantitative estimate of drug-likeness (QED) is 0.463. The van der Waals surface area contributed by atoms with Crippen molar-refractivity contribution < 1.29 is 12.6 Å². The van der Waals surface area contributed by atoms with Crippen molar-refractivity contribution in [2.75, 3.05) is 11.5 Å². The Kier molecular flexibility index (Phi) is 5.28. The molecule has 17 heavy (non-hydrogen) atoms. The largest absolute Gasteiger partial charge is 0.399 e. The Hall–Kier alpha value is -1.23. The highest BCUT2D eigenvalue weighted by atomic mass is 32.2. The molecule has 1 aromatic carbocycles. The van der Waals surface area contributed by atoms with Gasteiger partial charge in [-0.1, -0.05) is 26.2 Å². The molecule has 0 heterocycles. The van der Waals surface area contributed by atoms with E-state index >= 15 is 0 Å². The minimum Gasteiger partial charge on any atom is -0.399 e. The van der Waals surface area contributed by atoms with Gasteiger partial charge in [-0.15, -0.1) is 0 Å². The minimum absolute atomic E-state index is 0.0668. The molecule has 0 unspecified atom stereocenters. The summed E-state index contributed by atoms with van der Waals surface area (Å²) in [6, 6.07) is 6.34. The Labute approximate surface area is 103 Å². The number of benzene rings is 1. The Bertz CT molecular complexity index is 426. The van der Waals surface area contributed by atoms with Crippen LogP contribution in [-0.4, -0.2) is 14.2 Å². The lowest BCUT2D eigenvalue weighted by Crippen LogP contribution is -2.13. The highest BCUT2D eigenvalue weighted by Gasteiger charge is 2.11. The zero-order chi connectivity index (χ0) is 12.7. The van der Waals surface area contributed by atoms with Gasteiger partial charge < -0.3 is 9.92 Å². The predicted molar refractivity (Wildman–Crippen MR) is 69.4 cm³/mol. The van der Waals surface area contributed by atoms with Crippen LogP contribution in [-0.2, 0) is 10.1 Å². The molecule has 1 rings (SSSR count). The van der Waals surface area contributed by atoms with Gasteiger partial charge in [0.25, 0.3) is 0 Å². The fourth-order valence-corrected chi connectivity index (χ4v) is 2.46. The number of anilines is 1. The summed E-state index contributed by atoms with van der Waals surface area (Å²) in [7, 11) is -3.47. The maximum atomic E-state index is 11.6. The van der Waals surface area contributed by atoms with Crippen LogP contribution >= 0.6 is 0 Å². The van der Waals surface area contributed by atoms with E-state index in [1.807, 2.05) is 0 Å². The monoisotopic (exact) mass is 257 g/mol. The van der Waals surface area contributed by atoms with Crippen molar-refractivity contribution in [1.29, 1.82) is 0 Å². The molecule has 1 aromatic rings. The average molecular weight is 257 g/mol. The summed E-state index contributed by atoms with van der Waals surface area (Å²) in [5, 5.41) is 0. The molecule has 2 N–H and O–H groups in total. The lowest BCUT2D eigenvalue weighted by Gasteiger charge is -2.06. The second-order valence-electron chi connectivity index (χ2n) is 3.97. The molecule has 0 saturated carbocycles. The molecule has 5 heteroatoms. The molecule has 0 bridgehead atoms. The van der Waals surface area contributed by atoms with Crippen LogP contribution in [0, 0.1) is 0 Å². The zero-order valence-electron chi connectivity index (χ0n) is 10.1. The van der Waals surface area contributed by atoms with Crippen molar-refractivity contribution in [3.05, 3.63) is 24.3 Å². The van der Waals surface area contributed by atoms with Gasteiger partial charge in [-0.25, -0.2) is 0 Å². The van der Waals surface area contributed by atoms with Crippen LogP contribution in [0.2, 0.25) is 0 Å². The van der Waals surface area contributed by atoms with E-state index in [9.17, 15) is 8.42 Å². The van der Waals surface area contributed by atoms with Gasteiger partial charge >= 0.3 is 10.1 Å². The summed E-state index contributed by atoms with van der Waals surface area (Å²) in [5.41, 5.74) is 6.08. The van der Waals surface area contributed by atoms with E-state index in [1.54, 1.807) is 24.3 Å². The van der Waals surface area contributed by atoms with Crippen LogP contribution < -0.4 is 9.92 Å². The van der Waals surface area contributed by atoms with Gasteiger partial charge in [0.2, 0.25) is 0 Å². The fourth-order valence-electron chi connectivity index (χ4n) is 1.42. The zero-order valence-corrected chi connectivity index (χ0v) is 10.9. The smallest absolute Gasteiger partial charge is 0.309 e. The van der Waals surface area contributed by atoms with Crippen LogP contribution in [0.1, 0.15) is 32.6 Å². The molecular weight excluding hydrogens is 238 g/mol. The highest BCUT2D eigenvalue weighted by Crippen LogP contribution is 2.16. The van der Waals surface area contributed by atoms with Crippen molar-refractivity contribution in [2.24, 2.45) is 0 Å². The fraction of sp³-hybridized carbons (Fsp3) is 0.500. The number of hydrogen-bond acceptors (Lipinski definition) is 4. The van der Waals surface area contributed by atoms with Gasteiger partial charge in [-0.3, -0.25) is 0 Å². The number of nitrogen functional groups attached to an aromatic ring is 1. The average Bonchev–Trinajstić information content (AvgIpc) is 2.27. The van der Waals surface area contributed by atoms with Gasteiger partial charge in [0.15, 0.2) is 0 Å². The van der Waals surface area contributed by atoms with Gasteiger partial charge in [0, 0.05) is 5.69 Å². The summed E-state index contributed by atoms with van der Waals surface area (Å²) in [5.74, 6) is 0.381. The number of nitrogens with two attached hydrogens (primary N) is 1. The van der Waals surface area contributed by atoms with Crippen molar-refractivity contribution in [2.45, 2.75) is 32.6 Å². The molecule has 96 valence electrons. The van der Waals surface area contributed by atoms with E-state index in [-0.39, 0.29) is 5.75 Å². The van der Waals surface area contributed by atoms with Gasteiger partial charge in [-0.05, 0) is 30.7 Å². The first-order valence-electron chi connectivity index (χ1n) is 5.81. The molecule has 0 aliphatic carbocycles. The first kappa shape index (κ1) is 13.8. The summed E-state index contributed by atoms with van der Waals surface area (Å²) in [6.45, 7) is 2.08. The van der Waals surface area contributed by atoms with Crippen LogP contribution in [0.4, 0.5) is 5.69 Å². The molecule has 0 aliphatic heterocycles. The van der Waals surface area contributed by atoms with Gasteiger partial charge in [-0.2, -0.15) is 8.42 Å². The third kappa shape index (κ3) is 5.58. The maximum absolute atomic E-state index is 11.6. The standard InChI is InChI=1S/C12H19NO3S/c1-2-3-4-5-10-17(14,15)16-12-8-6-11(13)7-9-12/h6-9H,2-5,10,13H2,1H3. The molecule has 0 aliphatic rings. The lowest BCUT2D eigenvalue weighted by atomic mass is 10.2. The summed E-state index contributed by atoms with van der Waals surface area (Å²) in [4.78, 5) is 0. The van der Waals surface area contributed by atoms with Crippen LogP contribution in [0.25, 0.3) is 0 Å². The molecule has 0 spiro atoms.